The molecule has 3 rings (SSSR count). The van der Waals surface area contributed by atoms with Gasteiger partial charge in [-0.2, -0.15) is 0 Å². The molecule has 0 radical (unpaired) electrons. The second-order valence-electron chi connectivity index (χ2n) is 6.49. The smallest absolute Gasteiger partial charge is 0.220 e. The first kappa shape index (κ1) is 17.9. The zero-order chi connectivity index (χ0) is 18.5. The van der Waals surface area contributed by atoms with Crippen LogP contribution >= 0.6 is 0 Å². The van der Waals surface area contributed by atoms with E-state index >= 15 is 0 Å². The standard InChI is InChI=1S/C21H23N3O2/c1-15-6-7-17(13-16(15)2)19(25)8-9-21(26)22-11-10-20-23-14-18-5-3-4-12-24(18)20/h3-7,12-14H,8-11H2,1-2H3,(H,22,26). The zero-order valence-electron chi connectivity index (χ0n) is 15.2. The fourth-order valence-electron chi connectivity index (χ4n) is 2.87. The van der Waals surface area contributed by atoms with Gasteiger partial charge in [-0.15, -0.1) is 0 Å². The Morgan fingerprint density at radius 3 is 2.73 bits per heavy atom. The maximum absolute atomic E-state index is 12.2. The molecule has 2 heterocycles. The molecule has 26 heavy (non-hydrogen) atoms. The van der Waals surface area contributed by atoms with Crippen LogP contribution in [-0.4, -0.2) is 27.6 Å². The van der Waals surface area contributed by atoms with Gasteiger partial charge >= 0.3 is 0 Å². The van der Waals surface area contributed by atoms with Crippen LogP contribution in [0.2, 0.25) is 0 Å². The minimum Gasteiger partial charge on any atom is -0.356 e. The Bertz CT molecular complexity index is 943. The summed E-state index contributed by atoms with van der Waals surface area (Å²) in [4.78, 5) is 28.6. The molecule has 0 atom stereocenters. The molecular formula is C21H23N3O2. The van der Waals surface area contributed by atoms with Gasteiger partial charge in [-0.1, -0.05) is 18.2 Å². The maximum atomic E-state index is 12.2. The number of pyridine rings is 1. The third-order valence-corrected chi connectivity index (χ3v) is 4.59. The van der Waals surface area contributed by atoms with Crippen molar-refractivity contribution in [3.8, 4) is 0 Å². The van der Waals surface area contributed by atoms with Crippen molar-refractivity contribution < 1.29 is 9.59 Å². The van der Waals surface area contributed by atoms with Crippen LogP contribution < -0.4 is 5.32 Å². The Balaban J connectivity index is 1.45. The molecule has 0 fully saturated rings. The van der Waals surface area contributed by atoms with Crippen molar-refractivity contribution in [2.24, 2.45) is 0 Å². The first-order chi connectivity index (χ1) is 12.5. The summed E-state index contributed by atoms with van der Waals surface area (Å²) in [5.41, 5.74) is 3.95. The number of ketones is 1. The zero-order valence-corrected chi connectivity index (χ0v) is 15.2. The minimum atomic E-state index is -0.108. The number of imidazole rings is 1. The van der Waals surface area contributed by atoms with Crippen molar-refractivity contribution in [2.75, 3.05) is 6.54 Å². The van der Waals surface area contributed by atoms with Gasteiger partial charge in [0.1, 0.15) is 5.82 Å². The molecule has 1 N–H and O–H groups in total. The van der Waals surface area contributed by atoms with Crippen molar-refractivity contribution in [2.45, 2.75) is 33.1 Å². The molecule has 3 aromatic rings. The monoisotopic (exact) mass is 349 g/mol. The SMILES string of the molecule is Cc1ccc(C(=O)CCC(=O)NCCc2ncc3ccccn23)cc1C. The second kappa shape index (κ2) is 7.95. The topological polar surface area (TPSA) is 63.5 Å². The summed E-state index contributed by atoms with van der Waals surface area (Å²) < 4.78 is 2.01. The van der Waals surface area contributed by atoms with Gasteiger partial charge in [-0.25, -0.2) is 4.98 Å². The van der Waals surface area contributed by atoms with Crippen molar-refractivity contribution >= 4 is 17.2 Å². The van der Waals surface area contributed by atoms with Crippen molar-refractivity contribution in [1.29, 1.82) is 0 Å². The average Bonchev–Trinajstić information content (AvgIpc) is 3.05. The predicted octanol–water partition coefficient (Wildman–Crippen LogP) is 3.27. The largest absolute Gasteiger partial charge is 0.356 e. The molecule has 134 valence electrons. The van der Waals surface area contributed by atoms with E-state index < -0.39 is 0 Å². The molecule has 1 amide bonds. The van der Waals surface area contributed by atoms with Crippen LogP contribution in [0.15, 0.2) is 48.8 Å². The van der Waals surface area contributed by atoms with E-state index in [-0.39, 0.29) is 24.5 Å². The van der Waals surface area contributed by atoms with Crippen LogP contribution in [0.1, 0.15) is 40.2 Å². The first-order valence-electron chi connectivity index (χ1n) is 8.83. The third-order valence-electron chi connectivity index (χ3n) is 4.59. The average molecular weight is 349 g/mol. The lowest BCUT2D eigenvalue weighted by Gasteiger charge is -2.06. The number of hydrogen-bond donors (Lipinski definition) is 1. The molecule has 0 saturated heterocycles. The summed E-state index contributed by atoms with van der Waals surface area (Å²) in [6.07, 6.45) is 4.85. The predicted molar refractivity (Wildman–Crippen MR) is 101 cm³/mol. The van der Waals surface area contributed by atoms with Gasteiger partial charge in [0.05, 0.1) is 11.7 Å². The van der Waals surface area contributed by atoms with Gasteiger partial charge < -0.3 is 9.72 Å². The number of amides is 1. The number of nitrogens with one attached hydrogen (secondary N) is 1. The summed E-state index contributed by atoms with van der Waals surface area (Å²) in [7, 11) is 0. The van der Waals surface area contributed by atoms with E-state index in [2.05, 4.69) is 10.3 Å². The molecule has 5 nitrogen and oxygen atoms in total. The number of aryl methyl sites for hydroxylation is 2. The number of carbonyl (C=O) groups is 2. The molecule has 0 unspecified atom stereocenters. The lowest BCUT2D eigenvalue weighted by Crippen LogP contribution is -2.26. The van der Waals surface area contributed by atoms with E-state index in [0.29, 0.717) is 18.5 Å². The number of hydrogen-bond acceptors (Lipinski definition) is 3. The molecule has 5 heteroatoms. The number of rotatable bonds is 7. The van der Waals surface area contributed by atoms with E-state index in [0.717, 1.165) is 22.5 Å². The third kappa shape index (κ3) is 4.17. The van der Waals surface area contributed by atoms with E-state index in [1.807, 2.05) is 67.0 Å². The maximum Gasteiger partial charge on any atom is 0.220 e. The molecule has 1 aromatic carbocycles. The van der Waals surface area contributed by atoms with Crippen LogP contribution in [0, 0.1) is 13.8 Å². The summed E-state index contributed by atoms with van der Waals surface area (Å²) in [5, 5.41) is 2.87. The van der Waals surface area contributed by atoms with Gasteiger partial charge in [-0.05, 0) is 43.2 Å². The van der Waals surface area contributed by atoms with E-state index in [9.17, 15) is 9.59 Å². The Morgan fingerprint density at radius 1 is 1.08 bits per heavy atom. The fraction of sp³-hybridized carbons (Fsp3) is 0.286. The molecular weight excluding hydrogens is 326 g/mol. The molecule has 0 aliphatic carbocycles. The number of benzene rings is 1. The van der Waals surface area contributed by atoms with Crippen LogP contribution in [-0.2, 0) is 11.2 Å². The first-order valence-corrected chi connectivity index (χ1v) is 8.83. The van der Waals surface area contributed by atoms with Crippen molar-refractivity contribution in [3.05, 3.63) is 71.3 Å². The highest BCUT2D eigenvalue weighted by Crippen LogP contribution is 2.12. The Hall–Kier alpha value is -2.95. The van der Waals surface area contributed by atoms with Gasteiger partial charge in [0, 0.05) is 37.6 Å². The molecule has 0 saturated carbocycles. The number of nitrogens with zero attached hydrogens (tertiary/aromatic N) is 2. The van der Waals surface area contributed by atoms with Crippen LogP contribution in [0.25, 0.3) is 5.52 Å². The summed E-state index contributed by atoms with van der Waals surface area (Å²) in [6, 6.07) is 11.6. The van der Waals surface area contributed by atoms with Crippen molar-refractivity contribution in [1.82, 2.24) is 14.7 Å². The van der Waals surface area contributed by atoms with E-state index in [1.54, 1.807) is 0 Å². The molecule has 2 aromatic heterocycles. The van der Waals surface area contributed by atoms with Crippen LogP contribution in [0.3, 0.4) is 0 Å². The molecule has 0 aliphatic rings. The molecule has 0 spiro atoms. The van der Waals surface area contributed by atoms with Crippen LogP contribution in [0.5, 0.6) is 0 Å². The lowest BCUT2D eigenvalue weighted by molar-refractivity contribution is -0.121. The molecule has 0 bridgehead atoms. The number of fused-ring (bicyclic) bond motifs is 1. The molecule has 0 aliphatic heterocycles. The summed E-state index contributed by atoms with van der Waals surface area (Å²) >= 11 is 0. The highest BCUT2D eigenvalue weighted by molar-refractivity contribution is 5.98. The normalized spacial score (nSPS) is 10.8. The highest BCUT2D eigenvalue weighted by atomic mass is 16.2. The quantitative estimate of drug-likeness (QED) is 0.666. The van der Waals surface area contributed by atoms with Gasteiger partial charge in [0.15, 0.2) is 5.78 Å². The van der Waals surface area contributed by atoms with E-state index in [4.69, 9.17) is 0 Å². The Morgan fingerprint density at radius 2 is 1.92 bits per heavy atom. The number of Topliss-reactive ketones (excluding diaryl/α,β-unsaturated/α-hetero) is 1. The summed E-state index contributed by atoms with van der Waals surface area (Å²) in [5.74, 6) is 0.803. The minimum absolute atomic E-state index is 0.00232. The number of aromatic nitrogens is 2. The van der Waals surface area contributed by atoms with Gasteiger partial charge in [-0.3, -0.25) is 9.59 Å². The summed E-state index contributed by atoms with van der Waals surface area (Å²) in [6.45, 7) is 4.50. The Labute approximate surface area is 153 Å². The highest BCUT2D eigenvalue weighted by Gasteiger charge is 2.10. The van der Waals surface area contributed by atoms with E-state index in [1.165, 1.54) is 0 Å². The fourth-order valence-corrected chi connectivity index (χ4v) is 2.87. The number of carbonyl (C=O) groups excluding carboxylic acids is 2. The second-order valence-corrected chi connectivity index (χ2v) is 6.49. The van der Waals surface area contributed by atoms with Crippen molar-refractivity contribution in [3.63, 3.8) is 0 Å². The van der Waals surface area contributed by atoms with Crippen LogP contribution in [0.4, 0.5) is 0 Å². The Kier molecular flexibility index (Phi) is 5.46. The van der Waals surface area contributed by atoms with Gasteiger partial charge in [0.2, 0.25) is 5.91 Å². The lowest BCUT2D eigenvalue weighted by atomic mass is 10.0. The van der Waals surface area contributed by atoms with Gasteiger partial charge in [0.25, 0.3) is 0 Å².